The molecule has 0 aliphatic rings. The Morgan fingerprint density at radius 3 is 2.41 bits per heavy atom. The molecule has 96 valence electrons. The molecule has 0 saturated heterocycles. The van der Waals surface area contributed by atoms with Gasteiger partial charge in [-0.2, -0.15) is 0 Å². The van der Waals surface area contributed by atoms with Gasteiger partial charge in [0.25, 0.3) is 0 Å². The second-order valence-corrected chi connectivity index (χ2v) is 3.98. The minimum atomic E-state index is 0.127. The first-order valence-electron chi connectivity index (χ1n) is 6.34. The largest absolute Gasteiger partial charge is 0.494 e. The van der Waals surface area contributed by atoms with Crippen molar-refractivity contribution in [3.05, 3.63) is 29.8 Å². The molecule has 0 aliphatic carbocycles. The number of rotatable bonds is 8. The van der Waals surface area contributed by atoms with Gasteiger partial charge < -0.3 is 15.2 Å². The number of ether oxygens (including phenoxy) is 2. The van der Waals surface area contributed by atoms with Gasteiger partial charge in [0.05, 0.1) is 6.61 Å². The van der Waals surface area contributed by atoms with Crippen LogP contribution in [0.2, 0.25) is 0 Å². The third-order valence-electron chi connectivity index (χ3n) is 2.65. The van der Waals surface area contributed by atoms with E-state index in [1.54, 1.807) is 0 Å². The number of benzene rings is 1. The predicted molar refractivity (Wildman–Crippen MR) is 70.3 cm³/mol. The Bertz CT molecular complexity index is 298. The molecule has 0 unspecified atom stereocenters. The molecule has 0 bridgehead atoms. The van der Waals surface area contributed by atoms with E-state index in [4.69, 9.17) is 15.2 Å². The van der Waals surface area contributed by atoms with E-state index < -0.39 is 0 Å². The highest BCUT2D eigenvalue weighted by atomic mass is 16.5. The summed E-state index contributed by atoms with van der Waals surface area (Å²) in [6.07, 6.45) is 1.87. The van der Waals surface area contributed by atoms with E-state index in [0.717, 1.165) is 37.4 Å². The Balaban J connectivity index is 2.30. The van der Waals surface area contributed by atoms with Crippen molar-refractivity contribution in [1.82, 2.24) is 0 Å². The first-order valence-corrected chi connectivity index (χ1v) is 6.34. The van der Waals surface area contributed by atoms with E-state index in [-0.39, 0.29) is 6.04 Å². The zero-order valence-corrected chi connectivity index (χ0v) is 10.8. The lowest BCUT2D eigenvalue weighted by molar-refractivity contribution is 0.131. The zero-order valence-electron chi connectivity index (χ0n) is 10.8. The lowest BCUT2D eigenvalue weighted by Gasteiger charge is -2.10. The minimum Gasteiger partial charge on any atom is -0.494 e. The Hall–Kier alpha value is -1.06. The molecule has 0 aliphatic heterocycles. The van der Waals surface area contributed by atoms with E-state index in [1.807, 2.05) is 31.2 Å². The molecule has 3 nitrogen and oxygen atoms in total. The quantitative estimate of drug-likeness (QED) is 0.707. The highest BCUT2D eigenvalue weighted by Crippen LogP contribution is 2.18. The van der Waals surface area contributed by atoms with Crippen LogP contribution in [0.5, 0.6) is 5.75 Å². The fraction of sp³-hybridized carbons (Fsp3) is 0.571. The van der Waals surface area contributed by atoms with Crippen molar-refractivity contribution >= 4 is 0 Å². The van der Waals surface area contributed by atoms with E-state index in [1.165, 1.54) is 0 Å². The topological polar surface area (TPSA) is 44.5 Å². The first-order chi connectivity index (χ1) is 8.27. The van der Waals surface area contributed by atoms with Gasteiger partial charge >= 0.3 is 0 Å². The van der Waals surface area contributed by atoms with Crippen LogP contribution in [0.25, 0.3) is 0 Å². The minimum absolute atomic E-state index is 0.127. The number of hydrogen-bond acceptors (Lipinski definition) is 3. The summed E-state index contributed by atoms with van der Waals surface area (Å²) in [6, 6.07) is 8.15. The summed E-state index contributed by atoms with van der Waals surface area (Å²) in [5, 5.41) is 0. The molecule has 3 heteroatoms. The normalized spacial score (nSPS) is 12.4. The Labute approximate surface area is 104 Å². The van der Waals surface area contributed by atoms with Crippen LogP contribution in [0, 0.1) is 0 Å². The molecule has 17 heavy (non-hydrogen) atoms. The first kappa shape index (κ1) is 14.0. The molecule has 1 rings (SSSR count). The summed E-state index contributed by atoms with van der Waals surface area (Å²) in [4.78, 5) is 0. The van der Waals surface area contributed by atoms with Crippen molar-refractivity contribution in [2.24, 2.45) is 5.73 Å². The van der Waals surface area contributed by atoms with Crippen molar-refractivity contribution in [2.75, 3.05) is 19.8 Å². The lowest BCUT2D eigenvalue weighted by Crippen LogP contribution is -2.08. The molecule has 0 spiro atoms. The molecule has 0 aromatic heterocycles. The highest BCUT2D eigenvalue weighted by Gasteiger charge is 2.02. The second kappa shape index (κ2) is 8.09. The van der Waals surface area contributed by atoms with Crippen LogP contribution >= 0.6 is 0 Å². The van der Waals surface area contributed by atoms with Crippen LogP contribution in [0.4, 0.5) is 0 Å². The van der Waals surface area contributed by atoms with Gasteiger partial charge in [0, 0.05) is 25.7 Å². The van der Waals surface area contributed by atoms with Crippen LogP contribution in [0.3, 0.4) is 0 Å². The van der Waals surface area contributed by atoms with Crippen LogP contribution in [-0.4, -0.2) is 19.8 Å². The van der Waals surface area contributed by atoms with Crippen molar-refractivity contribution in [3.63, 3.8) is 0 Å². The molecule has 0 fully saturated rings. The maximum absolute atomic E-state index is 5.94. The number of hydrogen-bond donors (Lipinski definition) is 1. The molecular weight excluding hydrogens is 214 g/mol. The van der Waals surface area contributed by atoms with E-state index in [0.29, 0.717) is 6.61 Å². The fourth-order valence-corrected chi connectivity index (χ4v) is 1.54. The Kier molecular flexibility index (Phi) is 6.67. The summed E-state index contributed by atoms with van der Waals surface area (Å²) in [6.45, 7) is 6.30. The zero-order chi connectivity index (χ0) is 12.5. The average Bonchev–Trinajstić information content (AvgIpc) is 2.38. The van der Waals surface area contributed by atoms with Crippen molar-refractivity contribution in [3.8, 4) is 5.75 Å². The molecule has 1 aromatic carbocycles. The van der Waals surface area contributed by atoms with Crippen LogP contribution < -0.4 is 10.5 Å². The molecular formula is C14H23NO2. The molecule has 1 atom stereocenters. The maximum Gasteiger partial charge on any atom is 0.119 e. The lowest BCUT2D eigenvalue weighted by atomic mass is 10.1. The van der Waals surface area contributed by atoms with Gasteiger partial charge in [0.1, 0.15) is 5.75 Å². The van der Waals surface area contributed by atoms with Crippen molar-refractivity contribution < 1.29 is 9.47 Å². The summed E-state index contributed by atoms with van der Waals surface area (Å²) < 4.78 is 10.8. The van der Waals surface area contributed by atoms with Crippen LogP contribution in [-0.2, 0) is 4.74 Å². The molecule has 0 amide bonds. The maximum atomic E-state index is 5.94. The molecule has 0 radical (unpaired) electrons. The third-order valence-corrected chi connectivity index (χ3v) is 2.65. The van der Waals surface area contributed by atoms with E-state index in [9.17, 15) is 0 Å². The van der Waals surface area contributed by atoms with Gasteiger partial charge in [0.2, 0.25) is 0 Å². The molecule has 2 N–H and O–H groups in total. The standard InChI is InChI=1S/C14H23NO2/c1-3-14(15)12-6-8-13(9-7-12)17-11-5-10-16-4-2/h6-9,14H,3-5,10-11,15H2,1-2H3/t14-/m0/s1. The van der Waals surface area contributed by atoms with Crippen LogP contribution in [0.15, 0.2) is 24.3 Å². The fourth-order valence-electron chi connectivity index (χ4n) is 1.54. The van der Waals surface area contributed by atoms with E-state index >= 15 is 0 Å². The molecule has 1 aromatic rings. The number of nitrogens with two attached hydrogens (primary N) is 1. The van der Waals surface area contributed by atoms with Crippen molar-refractivity contribution in [2.45, 2.75) is 32.7 Å². The van der Waals surface area contributed by atoms with Gasteiger partial charge in [-0.25, -0.2) is 0 Å². The van der Waals surface area contributed by atoms with Crippen molar-refractivity contribution in [1.29, 1.82) is 0 Å². The summed E-state index contributed by atoms with van der Waals surface area (Å²) in [5.41, 5.74) is 7.10. The average molecular weight is 237 g/mol. The predicted octanol–water partition coefficient (Wildman–Crippen LogP) is 2.90. The van der Waals surface area contributed by atoms with Crippen LogP contribution in [0.1, 0.15) is 38.3 Å². The van der Waals surface area contributed by atoms with Gasteiger partial charge in [-0.15, -0.1) is 0 Å². The Morgan fingerprint density at radius 1 is 1.12 bits per heavy atom. The Morgan fingerprint density at radius 2 is 1.82 bits per heavy atom. The third kappa shape index (κ3) is 5.20. The van der Waals surface area contributed by atoms with E-state index in [2.05, 4.69) is 6.92 Å². The molecule has 0 heterocycles. The summed E-state index contributed by atoms with van der Waals surface area (Å²) in [5.74, 6) is 0.897. The molecule has 0 saturated carbocycles. The summed E-state index contributed by atoms with van der Waals surface area (Å²) in [7, 11) is 0. The second-order valence-electron chi connectivity index (χ2n) is 3.98. The SMILES string of the molecule is CCOCCCOc1ccc([C@@H](N)CC)cc1. The van der Waals surface area contributed by atoms with Gasteiger partial charge in [-0.3, -0.25) is 0 Å². The smallest absolute Gasteiger partial charge is 0.119 e. The summed E-state index contributed by atoms with van der Waals surface area (Å²) >= 11 is 0. The van der Waals surface area contributed by atoms with Gasteiger partial charge in [0.15, 0.2) is 0 Å². The highest BCUT2D eigenvalue weighted by molar-refractivity contribution is 5.28. The monoisotopic (exact) mass is 237 g/mol. The van der Waals surface area contributed by atoms with Gasteiger partial charge in [-0.05, 0) is 31.0 Å². The van der Waals surface area contributed by atoms with Gasteiger partial charge in [-0.1, -0.05) is 19.1 Å².